The normalized spacial score (nSPS) is 11.4. The highest BCUT2D eigenvalue weighted by atomic mass is 19.4. The summed E-state index contributed by atoms with van der Waals surface area (Å²) in [4.78, 5) is 16.1. The first-order valence-corrected chi connectivity index (χ1v) is 7.43. The number of nitrogens with one attached hydrogen (secondary N) is 1. The van der Waals surface area contributed by atoms with E-state index in [0.717, 1.165) is 12.1 Å². The van der Waals surface area contributed by atoms with Gasteiger partial charge in [0, 0.05) is 12.1 Å². The minimum Gasteiger partial charge on any atom is -0.348 e. The molecular formula is C17H12F4N4O. The Balaban J connectivity index is 1.77. The van der Waals surface area contributed by atoms with Crippen LogP contribution >= 0.6 is 0 Å². The Morgan fingerprint density at radius 3 is 2.65 bits per heavy atom. The average Bonchev–Trinajstić information content (AvgIpc) is 3.14. The maximum absolute atomic E-state index is 13.1. The third-order valence-electron chi connectivity index (χ3n) is 3.61. The molecule has 1 aromatic heterocycles. The van der Waals surface area contributed by atoms with E-state index in [4.69, 9.17) is 0 Å². The molecule has 0 unspecified atom stereocenters. The van der Waals surface area contributed by atoms with Gasteiger partial charge in [0.2, 0.25) is 0 Å². The quantitative estimate of drug-likeness (QED) is 0.723. The van der Waals surface area contributed by atoms with Gasteiger partial charge in [0.1, 0.15) is 18.5 Å². The number of benzene rings is 2. The summed E-state index contributed by atoms with van der Waals surface area (Å²) in [5.41, 5.74) is -0.518. The predicted molar refractivity (Wildman–Crippen MR) is 83.9 cm³/mol. The number of nitrogens with zero attached hydrogens (tertiary/aromatic N) is 3. The third-order valence-corrected chi connectivity index (χ3v) is 3.61. The van der Waals surface area contributed by atoms with Crippen molar-refractivity contribution in [1.82, 2.24) is 20.1 Å². The molecule has 1 N–H and O–H groups in total. The van der Waals surface area contributed by atoms with Crippen LogP contribution in [0, 0.1) is 5.82 Å². The van der Waals surface area contributed by atoms with E-state index in [0.29, 0.717) is 11.8 Å². The molecule has 1 amide bonds. The topological polar surface area (TPSA) is 59.8 Å². The van der Waals surface area contributed by atoms with Crippen LogP contribution in [0.2, 0.25) is 0 Å². The molecule has 3 aromatic rings. The van der Waals surface area contributed by atoms with E-state index in [1.54, 1.807) is 12.1 Å². The standard InChI is InChI=1S/C17H12F4N4O/c18-13-5-4-12(15(7-13)17(19,20)21)8-23-16(26)11-2-1-3-14(6-11)25-10-22-9-24-25/h1-7,9-10H,8H2,(H,23,26). The van der Waals surface area contributed by atoms with Crippen molar-refractivity contribution in [2.24, 2.45) is 0 Å². The zero-order valence-electron chi connectivity index (χ0n) is 13.2. The lowest BCUT2D eigenvalue weighted by Crippen LogP contribution is -2.24. The van der Waals surface area contributed by atoms with Crippen LogP contribution in [0.4, 0.5) is 17.6 Å². The fraction of sp³-hybridized carbons (Fsp3) is 0.118. The number of aromatic nitrogens is 3. The summed E-state index contributed by atoms with van der Waals surface area (Å²) in [7, 11) is 0. The van der Waals surface area contributed by atoms with Gasteiger partial charge in [-0.3, -0.25) is 4.79 Å². The lowest BCUT2D eigenvalue weighted by molar-refractivity contribution is -0.138. The minimum absolute atomic E-state index is 0.223. The molecule has 2 aromatic carbocycles. The van der Waals surface area contributed by atoms with Crippen molar-refractivity contribution in [3.8, 4) is 5.69 Å². The van der Waals surface area contributed by atoms with Crippen LogP contribution in [0.15, 0.2) is 55.1 Å². The third kappa shape index (κ3) is 3.88. The van der Waals surface area contributed by atoms with Crippen molar-refractivity contribution in [2.75, 3.05) is 0 Å². The van der Waals surface area contributed by atoms with Crippen molar-refractivity contribution >= 4 is 5.91 Å². The smallest absolute Gasteiger partial charge is 0.348 e. The summed E-state index contributed by atoms with van der Waals surface area (Å²) in [5.74, 6) is -1.56. The highest BCUT2D eigenvalue weighted by molar-refractivity contribution is 5.94. The number of alkyl halides is 3. The molecule has 0 atom stereocenters. The van der Waals surface area contributed by atoms with Gasteiger partial charge >= 0.3 is 6.18 Å². The molecule has 0 aliphatic carbocycles. The van der Waals surface area contributed by atoms with Crippen LogP contribution in [0.3, 0.4) is 0 Å². The first-order chi connectivity index (χ1) is 12.3. The Morgan fingerprint density at radius 2 is 1.96 bits per heavy atom. The van der Waals surface area contributed by atoms with Gasteiger partial charge < -0.3 is 5.32 Å². The van der Waals surface area contributed by atoms with Crippen LogP contribution in [0.5, 0.6) is 0 Å². The number of amides is 1. The molecule has 0 saturated carbocycles. The Kier molecular flexibility index (Phi) is 4.70. The molecule has 0 fully saturated rings. The number of halogens is 4. The largest absolute Gasteiger partial charge is 0.416 e. The van der Waals surface area contributed by atoms with Crippen molar-refractivity contribution in [3.05, 3.63) is 77.6 Å². The molecule has 0 bridgehead atoms. The van der Waals surface area contributed by atoms with Crippen LogP contribution in [-0.2, 0) is 12.7 Å². The molecule has 134 valence electrons. The van der Waals surface area contributed by atoms with E-state index < -0.39 is 23.5 Å². The molecule has 9 heteroatoms. The predicted octanol–water partition coefficient (Wildman–Crippen LogP) is 3.36. The molecule has 26 heavy (non-hydrogen) atoms. The lowest BCUT2D eigenvalue weighted by atomic mass is 10.1. The van der Waals surface area contributed by atoms with Crippen LogP contribution in [0.25, 0.3) is 5.69 Å². The summed E-state index contributed by atoms with van der Waals surface area (Å²) < 4.78 is 53.5. The van der Waals surface area contributed by atoms with Gasteiger partial charge in [-0.15, -0.1) is 0 Å². The second-order valence-corrected chi connectivity index (χ2v) is 5.37. The summed E-state index contributed by atoms with van der Waals surface area (Å²) in [6.07, 6.45) is -1.93. The Labute approximate surface area is 145 Å². The molecule has 0 spiro atoms. The zero-order chi connectivity index (χ0) is 18.7. The van der Waals surface area contributed by atoms with E-state index in [9.17, 15) is 22.4 Å². The lowest BCUT2D eigenvalue weighted by Gasteiger charge is -2.14. The minimum atomic E-state index is -4.71. The summed E-state index contributed by atoms with van der Waals surface area (Å²) in [5, 5.41) is 6.35. The van der Waals surface area contributed by atoms with Gasteiger partial charge in [-0.1, -0.05) is 12.1 Å². The van der Waals surface area contributed by atoms with Crippen molar-refractivity contribution in [3.63, 3.8) is 0 Å². The summed E-state index contributed by atoms with van der Waals surface area (Å²) in [6.45, 7) is -0.387. The molecule has 0 aliphatic rings. The van der Waals surface area contributed by atoms with E-state index in [-0.39, 0.29) is 17.7 Å². The molecule has 0 radical (unpaired) electrons. The highest BCUT2D eigenvalue weighted by Crippen LogP contribution is 2.32. The molecule has 5 nitrogen and oxygen atoms in total. The fourth-order valence-corrected chi connectivity index (χ4v) is 2.38. The fourth-order valence-electron chi connectivity index (χ4n) is 2.38. The number of carbonyl (C=O) groups excluding carboxylic acids is 1. The Hall–Kier alpha value is -3.23. The van der Waals surface area contributed by atoms with E-state index in [1.807, 2.05) is 0 Å². The van der Waals surface area contributed by atoms with Crippen molar-refractivity contribution < 1.29 is 22.4 Å². The highest BCUT2D eigenvalue weighted by Gasteiger charge is 2.33. The van der Waals surface area contributed by atoms with Gasteiger partial charge in [-0.2, -0.15) is 18.3 Å². The number of hydrogen-bond acceptors (Lipinski definition) is 3. The summed E-state index contributed by atoms with van der Waals surface area (Å²) >= 11 is 0. The van der Waals surface area contributed by atoms with Crippen molar-refractivity contribution in [2.45, 2.75) is 12.7 Å². The molecule has 0 aliphatic heterocycles. The van der Waals surface area contributed by atoms with Gasteiger partial charge in [0.15, 0.2) is 0 Å². The number of carbonyl (C=O) groups is 1. The van der Waals surface area contributed by atoms with Gasteiger partial charge in [-0.05, 0) is 35.9 Å². The maximum atomic E-state index is 13.1. The van der Waals surface area contributed by atoms with E-state index in [1.165, 1.54) is 29.5 Å². The van der Waals surface area contributed by atoms with Gasteiger partial charge in [0.25, 0.3) is 5.91 Å². The van der Waals surface area contributed by atoms with E-state index >= 15 is 0 Å². The Morgan fingerprint density at radius 1 is 1.15 bits per heavy atom. The van der Waals surface area contributed by atoms with Crippen LogP contribution < -0.4 is 5.32 Å². The molecule has 0 saturated heterocycles. The zero-order valence-corrected chi connectivity index (χ0v) is 13.2. The molecular weight excluding hydrogens is 352 g/mol. The molecule has 3 rings (SSSR count). The number of rotatable bonds is 4. The average molecular weight is 364 g/mol. The second-order valence-electron chi connectivity index (χ2n) is 5.37. The van der Waals surface area contributed by atoms with Gasteiger partial charge in [0.05, 0.1) is 11.3 Å². The maximum Gasteiger partial charge on any atom is 0.416 e. The van der Waals surface area contributed by atoms with E-state index in [2.05, 4.69) is 15.4 Å². The van der Waals surface area contributed by atoms with Gasteiger partial charge in [-0.25, -0.2) is 14.1 Å². The molecule has 1 heterocycles. The first kappa shape index (κ1) is 17.6. The summed E-state index contributed by atoms with van der Waals surface area (Å²) in [6, 6.07) is 8.70. The van der Waals surface area contributed by atoms with Crippen LogP contribution in [-0.4, -0.2) is 20.7 Å². The Bertz CT molecular complexity index is 923. The first-order valence-electron chi connectivity index (χ1n) is 7.43. The second kappa shape index (κ2) is 6.95. The SMILES string of the molecule is O=C(NCc1ccc(F)cc1C(F)(F)F)c1cccc(-n2cncn2)c1. The van der Waals surface area contributed by atoms with Crippen LogP contribution in [0.1, 0.15) is 21.5 Å². The van der Waals surface area contributed by atoms with Crippen molar-refractivity contribution in [1.29, 1.82) is 0 Å². The monoisotopic (exact) mass is 364 g/mol. The number of hydrogen-bond donors (Lipinski definition) is 1.